The number of halogens is 9. The van der Waals surface area contributed by atoms with Gasteiger partial charge in [0.15, 0.2) is 11.6 Å². The number of rotatable bonds is 8. The van der Waals surface area contributed by atoms with Crippen molar-refractivity contribution in [2.24, 2.45) is 5.41 Å². The summed E-state index contributed by atoms with van der Waals surface area (Å²) in [6.45, 7) is 3.65. The highest BCUT2D eigenvalue weighted by Crippen LogP contribution is 2.41. The van der Waals surface area contributed by atoms with Crippen LogP contribution in [-0.2, 0) is 21.6 Å². The first-order chi connectivity index (χ1) is 19.5. The third-order valence-electron chi connectivity index (χ3n) is 6.44. The van der Waals surface area contributed by atoms with E-state index in [1.807, 2.05) is 13.8 Å². The fourth-order valence-electron chi connectivity index (χ4n) is 4.44. The van der Waals surface area contributed by atoms with E-state index in [0.717, 1.165) is 24.6 Å². The zero-order valence-electron chi connectivity index (χ0n) is 21.9. The van der Waals surface area contributed by atoms with Gasteiger partial charge in [0.1, 0.15) is 28.8 Å². The Bertz CT molecular complexity index is 1430. The second-order valence-electron chi connectivity index (χ2n) is 9.99. The van der Waals surface area contributed by atoms with E-state index in [0.29, 0.717) is 36.8 Å². The Morgan fingerprint density at radius 3 is 1.95 bits per heavy atom. The van der Waals surface area contributed by atoms with E-state index in [1.165, 1.54) is 0 Å². The number of ether oxygens (including phenoxy) is 4. The third kappa shape index (κ3) is 6.76. The lowest BCUT2D eigenvalue weighted by Crippen LogP contribution is -2.46. The van der Waals surface area contributed by atoms with Crippen molar-refractivity contribution in [3.8, 4) is 22.6 Å². The molecule has 14 heteroatoms. The Morgan fingerprint density at radius 2 is 1.43 bits per heavy atom. The molecular weight excluding hydrogens is 587 g/mol. The smallest absolute Gasteiger partial charge is 0.429 e. The van der Waals surface area contributed by atoms with Crippen molar-refractivity contribution in [2.45, 2.75) is 45.1 Å². The zero-order valence-corrected chi connectivity index (χ0v) is 21.9. The monoisotopic (exact) mass is 610 g/mol. The van der Waals surface area contributed by atoms with Crippen molar-refractivity contribution in [2.75, 3.05) is 13.2 Å². The molecule has 0 amide bonds. The molecule has 3 aromatic carbocycles. The van der Waals surface area contributed by atoms with Crippen LogP contribution in [0.1, 0.15) is 37.8 Å². The SMILES string of the molecule is CCCC1(C)COC(O)(c2cc(F)c(C(F)(F)Oc3ccc(-c4ccc(OC(F)(F)F)c(F)c4)c(F)c3)c(F)c2)OC1. The lowest BCUT2D eigenvalue weighted by atomic mass is 9.86. The first-order valence-electron chi connectivity index (χ1n) is 12.4. The maximum atomic E-state index is 14.9. The summed E-state index contributed by atoms with van der Waals surface area (Å²) in [7, 11) is 0. The van der Waals surface area contributed by atoms with Crippen LogP contribution in [0.3, 0.4) is 0 Å². The minimum atomic E-state index is -5.18. The fraction of sp³-hybridized carbons (Fsp3) is 0.357. The Kier molecular flexibility index (Phi) is 8.46. The number of hydrogen-bond donors (Lipinski definition) is 1. The standard InChI is InChI=1S/C28H23F9O5/c1-3-8-25(2)13-39-27(38,40-14-25)16-10-21(31)24(22(32)11-16)26(33,34)41-17-5-6-18(19(29)12-17)15-4-7-23(20(30)9-15)42-28(35,36)37/h4-7,9-12,38H,3,8,13-14H2,1-2H3. The summed E-state index contributed by atoms with van der Waals surface area (Å²) in [5.41, 5.74) is -3.65. The predicted octanol–water partition coefficient (Wildman–Crippen LogP) is 7.89. The molecule has 0 aromatic heterocycles. The van der Waals surface area contributed by atoms with E-state index in [2.05, 4.69) is 9.47 Å². The molecule has 0 radical (unpaired) electrons. The Morgan fingerprint density at radius 1 is 0.810 bits per heavy atom. The molecule has 0 saturated carbocycles. The highest BCUT2D eigenvalue weighted by Gasteiger charge is 2.46. The third-order valence-corrected chi connectivity index (χ3v) is 6.44. The van der Waals surface area contributed by atoms with Crippen molar-refractivity contribution in [1.82, 2.24) is 0 Å². The molecule has 1 fully saturated rings. The quantitative estimate of drug-likeness (QED) is 0.263. The molecule has 1 aliphatic heterocycles. The molecule has 5 nitrogen and oxygen atoms in total. The first kappa shape index (κ1) is 31.4. The van der Waals surface area contributed by atoms with Crippen LogP contribution in [0.15, 0.2) is 48.5 Å². The van der Waals surface area contributed by atoms with E-state index in [9.17, 15) is 44.6 Å². The van der Waals surface area contributed by atoms with Gasteiger partial charge in [0.2, 0.25) is 0 Å². The summed E-state index contributed by atoms with van der Waals surface area (Å²) < 4.78 is 144. The molecule has 0 atom stereocenters. The van der Waals surface area contributed by atoms with E-state index >= 15 is 0 Å². The summed E-state index contributed by atoms with van der Waals surface area (Å²) in [4.78, 5) is 0. The molecule has 42 heavy (non-hydrogen) atoms. The second-order valence-corrected chi connectivity index (χ2v) is 9.99. The van der Waals surface area contributed by atoms with Crippen LogP contribution in [-0.4, -0.2) is 24.7 Å². The van der Waals surface area contributed by atoms with Crippen LogP contribution in [0.25, 0.3) is 11.1 Å². The Balaban J connectivity index is 1.54. The number of benzene rings is 3. The highest BCUT2D eigenvalue weighted by molar-refractivity contribution is 5.66. The predicted molar refractivity (Wildman–Crippen MR) is 128 cm³/mol. The topological polar surface area (TPSA) is 57.2 Å². The van der Waals surface area contributed by atoms with Gasteiger partial charge in [-0.1, -0.05) is 26.3 Å². The molecule has 3 aromatic rings. The van der Waals surface area contributed by atoms with Crippen molar-refractivity contribution in [3.63, 3.8) is 0 Å². The molecule has 0 unspecified atom stereocenters. The minimum Gasteiger partial charge on any atom is -0.429 e. The normalized spacial score (nSPS) is 21.3. The lowest BCUT2D eigenvalue weighted by Gasteiger charge is -2.41. The van der Waals surface area contributed by atoms with Gasteiger partial charge in [0.05, 0.1) is 13.2 Å². The van der Waals surface area contributed by atoms with Gasteiger partial charge >= 0.3 is 18.4 Å². The number of hydrogen-bond acceptors (Lipinski definition) is 5. The van der Waals surface area contributed by atoms with Crippen LogP contribution in [0.2, 0.25) is 0 Å². The number of alkyl halides is 5. The molecule has 1 N–H and O–H groups in total. The molecule has 0 aliphatic carbocycles. The average molecular weight is 610 g/mol. The first-order valence-corrected chi connectivity index (χ1v) is 12.4. The number of aliphatic hydroxyl groups is 1. The van der Waals surface area contributed by atoms with E-state index in [1.54, 1.807) is 0 Å². The Labute approximate surface area is 233 Å². The summed E-state index contributed by atoms with van der Waals surface area (Å²) in [6, 6.07) is 4.82. The van der Waals surface area contributed by atoms with Crippen molar-refractivity contribution in [1.29, 1.82) is 0 Å². The molecule has 0 bridgehead atoms. The fourth-order valence-corrected chi connectivity index (χ4v) is 4.44. The molecule has 1 heterocycles. The van der Waals surface area contributed by atoms with Gasteiger partial charge < -0.3 is 24.1 Å². The molecular formula is C28H23F9O5. The molecule has 228 valence electrons. The van der Waals surface area contributed by atoms with Gasteiger partial charge in [-0.2, -0.15) is 8.78 Å². The van der Waals surface area contributed by atoms with Gasteiger partial charge in [-0.3, -0.25) is 0 Å². The van der Waals surface area contributed by atoms with Crippen LogP contribution < -0.4 is 9.47 Å². The molecule has 4 rings (SSSR count). The van der Waals surface area contributed by atoms with Gasteiger partial charge in [0.25, 0.3) is 0 Å². The van der Waals surface area contributed by atoms with Gasteiger partial charge in [-0.15, -0.1) is 13.2 Å². The van der Waals surface area contributed by atoms with Gasteiger partial charge in [-0.05, 0) is 48.4 Å². The molecule has 1 aliphatic rings. The van der Waals surface area contributed by atoms with E-state index in [4.69, 9.17) is 9.47 Å². The summed E-state index contributed by atoms with van der Waals surface area (Å²) in [6.07, 6.45) is -8.44. The summed E-state index contributed by atoms with van der Waals surface area (Å²) in [5.74, 6) is -11.1. The molecule has 1 saturated heterocycles. The van der Waals surface area contributed by atoms with Gasteiger partial charge in [-0.25, -0.2) is 17.6 Å². The van der Waals surface area contributed by atoms with E-state index in [-0.39, 0.29) is 18.8 Å². The average Bonchev–Trinajstić information content (AvgIpc) is 2.86. The van der Waals surface area contributed by atoms with Crippen LogP contribution in [0.4, 0.5) is 39.5 Å². The van der Waals surface area contributed by atoms with Crippen molar-refractivity contribution >= 4 is 0 Å². The second kappa shape index (κ2) is 11.3. The Hall–Kier alpha value is -3.49. The maximum Gasteiger partial charge on any atom is 0.573 e. The minimum absolute atomic E-state index is 0.0404. The van der Waals surface area contributed by atoms with Crippen LogP contribution in [0, 0.1) is 28.7 Å². The molecule has 0 spiro atoms. The van der Waals surface area contributed by atoms with Crippen molar-refractivity contribution < 1.29 is 63.6 Å². The zero-order chi connectivity index (χ0) is 31.1. The summed E-state index contributed by atoms with van der Waals surface area (Å²) >= 11 is 0. The van der Waals surface area contributed by atoms with E-state index < -0.39 is 75.3 Å². The lowest BCUT2D eigenvalue weighted by molar-refractivity contribution is -0.415. The summed E-state index contributed by atoms with van der Waals surface area (Å²) in [5, 5.41) is 10.6. The van der Waals surface area contributed by atoms with Gasteiger partial charge in [0, 0.05) is 22.6 Å². The van der Waals surface area contributed by atoms with Crippen LogP contribution >= 0.6 is 0 Å². The largest absolute Gasteiger partial charge is 0.573 e. The van der Waals surface area contributed by atoms with Crippen LogP contribution in [0.5, 0.6) is 11.5 Å². The highest BCUT2D eigenvalue weighted by atomic mass is 19.4. The van der Waals surface area contributed by atoms with Crippen molar-refractivity contribution in [3.05, 3.63) is 82.9 Å². The maximum absolute atomic E-state index is 14.9.